The minimum atomic E-state index is -3.38. The minimum Gasteiger partial charge on any atom is -0.244 e. The van der Waals surface area contributed by atoms with Crippen LogP contribution in [0.3, 0.4) is 0 Å². The van der Waals surface area contributed by atoms with Gasteiger partial charge < -0.3 is 0 Å². The van der Waals surface area contributed by atoms with Gasteiger partial charge in [0.05, 0.1) is 0 Å². The average Bonchev–Trinajstić information content (AvgIpc) is 1.86. The van der Waals surface area contributed by atoms with Crippen LogP contribution in [0.25, 0.3) is 0 Å². The summed E-state index contributed by atoms with van der Waals surface area (Å²) in [6, 6.07) is 0.393. The smallest absolute Gasteiger partial charge is 0.244 e. The van der Waals surface area contributed by atoms with Crippen LogP contribution in [0.15, 0.2) is 17.3 Å². The fourth-order valence-corrected chi connectivity index (χ4v) is 1.08. The topological polar surface area (TPSA) is 79.8 Å². The van der Waals surface area contributed by atoms with Crippen molar-refractivity contribution in [1.82, 2.24) is 9.97 Å². The first-order chi connectivity index (χ1) is 5.00. The van der Waals surface area contributed by atoms with E-state index in [2.05, 4.69) is 9.97 Å². The second kappa shape index (κ2) is 2.46. The molecule has 5 nitrogen and oxygen atoms in total. The molecule has 0 aliphatic rings. The average molecular weight is 173 g/mol. The number of rotatable bonds is 1. The molecule has 0 unspecified atom stereocenters. The van der Waals surface area contributed by atoms with Crippen LogP contribution in [-0.4, -0.2) is 24.6 Å². The van der Waals surface area contributed by atoms with Crippen molar-refractivity contribution in [2.75, 3.05) is 6.26 Å². The van der Waals surface area contributed by atoms with Crippen LogP contribution in [0.1, 0.15) is 0 Å². The summed E-state index contributed by atoms with van der Waals surface area (Å²) in [4.78, 5) is 6.41. The Hall–Kier alpha value is -1.17. The SMILES string of the molecule is CS(=O)(=O)c1ccnc([O])n1. The minimum absolute atomic E-state index is 0.238. The highest BCUT2D eigenvalue weighted by atomic mass is 32.2. The molecule has 0 bridgehead atoms. The van der Waals surface area contributed by atoms with Crippen LogP contribution in [0.4, 0.5) is 0 Å². The Morgan fingerprint density at radius 1 is 1.45 bits per heavy atom. The van der Waals surface area contributed by atoms with Gasteiger partial charge in [0.2, 0.25) is 0 Å². The summed E-state index contributed by atoms with van der Waals surface area (Å²) in [5.41, 5.74) is 0. The van der Waals surface area contributed by atoms with Crippen molar-refractivity contribution in [1.29, 1.82) is 0 Å². The molecule has 0 spiro atoms. The van der Waals surface area contributed by atoms with Crippen LogP contribution in [0.5, 0.6) is 6.01 Å². The molecule has 0 amide bonds. The lowest BCUT2D eigenvalue weighted by Gasteiger charge is -1.93. The fraction of sp³-hybridized carbons (Fsp3) is 0.200. The predicted octanol–water partition coefficient (Wildman–Crippen LogP) is 0.0239. The predicted molar refractivity (Wildman–Crippen MR) is 35.3 cm³/mol. The van der Waals surface area contributed by atoms with Gasteiger partial charge >= 0.3 is 6.01 Å². The van der Waals surface area contributed by atoms with Crippen molar-refractivity contribution in [3.63, 3.8) is 0 Å². The molecule has 1 aromatic heterocycles. The first kappa shape index (κ1) is 7.93. The highest BCUT2D eigenvalue weighted by molar-refractivity contribution is 7.90. The Labute approximate surface area is 63.7 Å². The van der Waals surface area contributed by atoms with E-state index >= 15 is 0 Å². The molecule has 1 rings (SSSR count). The van der Waals surface area contributed by atoms with Crippen molar-refractivity contribution < 1.29 is 13.5 Å². The Kier molecular flexibility index (Phi) is 1.77. The van der Waals surface area contributed by atoms with E-state index in [1.807, 2.05) is 0 Å². The third-order valence-electron chi connectivity index (χ3n) is 0.988. The van der Waals surface area contributed by atoms with Crippen molar-refractivity contribution in [3.05, 3.63) is 12.3 Å². The Morgan fingerprint density at radius 3 is 2.45 bits per heavy atom. The summed E-state index contributed by atoms with van der Waals surface area (Å²) in [5, 5.41) is 10.2. The second-order valence-corrected chi connectivity index (χ2v) is 3.91. The summed E-state index contributed by atoms with van der Waals surface area (Å²) in [6.45, 7) is 0. The van der Waals surface area contributed by atoms with Gasteiger partial charge in [0.25, 0.3) is 0 Å². The Morgan fingerprint density at radius 2 is 2.09 bits per heavy atom. The van der Waals surface area contributed by atoms with E-state index in [0.717, 1.165) is 12.5 Å². The summed E-state index contributed by atoms with van der Waals surface area (Å²) in [6.07, 6.45) is 2.10. The molecule has 6 heteroatoms. The third kappa shape index (κ3) is 1.87. The molecule has 0 saturated heterocycles. The van der Waals surface area contributed by atoms with E-state index in [1.165, 1.54) is 6.07 Å². The fourth-order valence-electron chi connectivity index (χ4n) is 0.532. The highest BCUT2D eigenvalue weighted by Crippen LogP contribution is 2.06. The quantitative estimate of drug-likeness (QED) is 0.561. The monoisotopic (exact) mass is 173 g/mol. The van der Waals surface area contributed by atoms with Crippen LogP contribution in [0.2, 0.25) is 0 Å². The number of sulfone groups is 1. The van der Waals surface area contributed by atoms with E-state index in [-0.39, 0.29) is 5.03 Å². The normalized spacial score (nSPS) is 11.4. The Balaban J connectivity index is 3.28. The van der Waals surface area contributed by atoms with E-state index < -0.39 is 15.8 Å². The summed E-state index contributed by atoms with van der Waals surface area (Å²) in [7, 11) is -3.38. The lowest BCUT2D eigenvalue weighted by atomic mass is 10.7. The molecule has 0 aliphatic heterocycles. The van der Waals surface area contributed by atoms with Gasteiger partial charge in [0.1, 0.15) is 0 Å². The second-order valence-electron chi connectivity index (χ2n) is 1.95. The maximum Gasteiger partial charge on any atom is 0.368 e. The van der Waals surface area contributed by atoms with Gasteiger partial charge in [-0.2, -0.15) is 9.97 Å². The van der Waals surface area contributed by atoms with Gasteiger partial charge in [-0.1, -0.05) is 0 Å². The van der Waals surface area contributed by atoms with E-state index in [9.17, 15) is 13.5 Å². The lowest BCUT2D eigenvalue weighted by molar-refractivity contribution is 0.315. The van der Waals surface area contributed by atoms with Crippen LogP contribution >= 0.6 is 0 Å². The molecule has 59 valence electrons. The molecule has 0 aliphatic carbocycles. The van der Waals surface area contributed by atoms with Crippen LogP contribution in [0, 0.1) is 0 Å². The summed E-state index contributed by atoms with van der Waals surface area (Å²) >= 11 is 0. The number of hydrogen-bond donors (Lipinski definition) is 0. The molecule has 0 N–H and O–H groups in total. The molecule has 0 fully saturated rings. The molecule has 1 radical (unpaired) electrons. The van der Waals surface area contributed by atoms with Gasteiger partial charge in [0.15, 0.2) is 14.9 Å². The first-order valence-electron chi connectivity index (χ1n) is 2.70. The number of nitrogens with zero attached hydrogens (tertiary/aromatic N) is 2. The van der Waals surface area contributed by atoms with E-state index in [1.54, 1.807) is 0 Å². The zero-order valence-electron chi connectivity index (χ0n) is 5.68. The summed E-state index contributed by atoms with van der Waals surface area (Å²) < 4.78 is 21.5. The molecule has 0 atom stereocenters. The van der Waals surface area contributed by atoms with Gasteiger partial charge in [0, 0.05) is 12.5 Å². The molecular weight excluding hydrogens is 168 g/mol. The Bertz CT molecular complexity index is 360. The van der Waals surface area contributed by atoms with E-state index in [4.69, 9.17) is 0 Å². The molecule has 1 heterocycles. The lowest BCUT2D eigenvalue weighted by Crippen LogP contribution is -1.99. The largest absolute Gasteiger partial charge is 0.368 e. The molecule has 1 aromatic rings. The van der Waals surface area contributed by atoms with E-state index in [0.29, 0.717) is 0 Å². The zero-order chi connectivity index (χ0) is 8.48. The highest BCUT2D eigenvalue weighted by Gasteiger charge is 2.09. The van der Waals surface area contributed by atoms with Crippen molar-refractivity contribution >= 4 is 9.84 Å². The first-order valence-corrected chi connectivity index (χ1v) is 4.59. The van der Waals surface area contributed by atoms with Crippen molar-refractivity contribution in [3.8, 4) is 6.01 Å². The van der Waals surface area contributed by atoms with Gasteiger partial charge in [-0.3, -0.25) is 0 Å². The molecular formula is C5H5N2O3S. The molecule has 0 saturated carbocycles. The molecule has 0 aromatic carbocycles. The van der Waals surface area contributed by atoms with Gasteiger partial charge in [-0.05, 0) is 6.07 Å². The maximum atomic E-state index is 10.8. The summed E-state index contributed by atoms with van der Waals surface area (Å²) in [5.74, 6) is 0. The molecule has 11 heavy (non-hydrogen) atoms. The van der Waals surface area contributed by atoms with Crippen molar-refractivity contribution in [2.45, 2.75) is 5.03 Å². The number of aromatic nitrogens is 2. The maximum absolute atomic E-state index is 10.8. The zero-order valence-corrected chi connectivity index (χ0v) is 6.50. The standard InChI is InChI=1S/C5H5N2O3S/c1-11(9,10)4-2-3-6-5(8)7-4/h2-3H,1H3. The number of hydrogen-bond acceptors (Lipinski definition) is 4. The van der Waals surface area contributed by atoms with Gasteiger partial charge in [-0.25, -0.2) is 13.5 Å². The van der Waals surface area contributed by atoms with Crippen LogP contribution in [-0.2, 0) is 14.9 Å². The third-order valence-corrected chi connectivity index (χ3v) is 1.97. The van der Waals surface area contributed by atoms with Crippen LogP contribution < -0.4 is 0 Å². The van der Waals surface area contributed by atoms with Crippen molar-refractivity contribution in [2.24, 2.45) is 0 Å². The van der Waals surface area contributed by atoms with Gasteiger partial charge in [-0.15, -0.1) is 0 Å².